The Labute approximate surface area is 91.2 Å². The molecule has 0 unspecified atom stereocenters. The number of alkyl halides is 3. The molecule has 1 aliphatic carbocycles. The first-order valence-corrected chi connectivity index (χ1v) is 5.89. The number of hydrogen-bond donors (Lipinski definition) is 0. The van der Waals surface area contributed by atoms with Gasteiger partial charge in [-0.1, -0.05) is 0 Å². The summed E-state index contributed by atoms with van der Waals surface area (Å²) < 4.78 is 66.2. The van der Waals surface area contributed by atoms with Crippen LogP contribution in [-0.2, 0) is 19.0 Å². The summed E-state index contributed by atoms with van der Waals surface area (Å²) in [6, 6.07) is 0. The third kappa shape index (κ3) is 3.11. The second-order valence-electron chi connectivity index (χ2n) is 3.29. The van der Waals surface area contributed by atoms with Crippen LogP contribution >= 0.6 is 0 Å². The van der Waals surface area contributed by atoms with Crippen molar-refractivity contribution in [3.63, 3.8) is 0 Å². The van der Waals surface area contributed by atoms with Crippen LogP contribution in [0, 0.1) is 0 Å². The first-order valence-electron chi connectivity index (χ1n) is 4.49. The molecule has 0 fully saturated rings. The zero-order valence-electron chi connectivity index (χ0n) is 8.45. The Kier molecular flexibility index (Phi) is 3.84. The standard InChI is InChI=1S/C8H11F3O4S/c1-14-6-2-4-7(5-3-6)15-16(12,13)8(9,10)11/h4,6H,2-3,5H2,1H3/t6-/m1/s1. The smallest absolute Gasteiger partial charge is 0.381 e. The van der Waals surface area contributed by atoms with Crippen LogP contribution in [0.25, 0.3) is 0 Å². The largest absolute Gasteiger partial charge is 0.534 e. The van der Waals surface area contributed by atoms with Gasteiger partial charge in [0, 0.05) is 13.5 Å². The van der Waals surface area contributed by atoms with Gasteiger partial charge in [-0.05, 0) is 18.9 Å². The van der Waals surface area contributed by atoms with Crippen molar-refractivity contribution < 1.29 is 30.5 Å². The molecule has 0 N–H and O–H groups in total. The minimum Gasteiger partial charge on any atom is -0.381 e. The summed E-state index contributed by atoms with van der Waals surface area (Å²) in [6.45, 7) is 0. The van der Waals surface area contributed by atoms with Crippen molar-refractivity contribution in [2.45, 2.75) is 30.9 Å². The van der Waals surface area contributed by atoms with Crippen molar-refractivity contribution in [2.75, 3.05) is 7.11 Å². The Morgan fingerprint density at radius 3 is 2.44 bits per heavy atom. The van der Waals surface area contributed by atoms with Crippen molar-refractivity contribution >= 4 is 10.1 Å². The number of allylic oxidation sites excluding steroid dienone is 1. The van der Waals surface area contributed by atoms with Crippen molar-refractivity contribution in [2.24, 2.45) is 0 Å². The van der Waals surface area contributed by atoms with Crippen LogP contribution < -0.4 is 0 Å². The minimum absolute atomic E-state index is 0.0964. The average Bonchev–Trinajstić information content (AvgIpc) is 2.16. The van der Waals surface area contributed by atoms with Gasteiger partial charge in [-0.25, -0.2) is 0 Å². The summed E-state index contributed by atoms with van der Waals surface area (Å²) in [5.74, 6) is -0.175. The van der Waals surface area contributed by atoms with Crippen molar-refractivity contribution in [1.82, 2.24) is 0 Å². The van der Waals surface area contributed by atoms with E-state index in [0.29, 0.717) is 12.8 Å². The SMILES string of the molecule is CO[C@@H]1CC=C(OS(=O)(=O)C(F)(F)F)CC1. The molecule has 0 aromatic carbocycles. The molecule has 0 saturated carbocycles. The zero-order valence-corrected chi connectivity index (χ0v) is 9.27. The normalized spacial score (nSPS) is 22.8. The van der Waals surface area contributed by atoms with Crippen LogP contribution in [0.5, 0.6) is 0 Å². The van der Waals surface area contributed by atoms with Crippen LogP contribution in [0.15, 0.2) is 11.8 Å². The molecule has 0 aliphatic heterocycles. The topological polar surface area (TPSA) is 52.6 Å². The number of ether oxygens (including phenoxy) is 1. The highest BCUT2D eigenvalue weighted by Gasteiger charge is 2.48. The van der Waals surface area contributed by atoms with E-state index in [1.165, 1.54) is 13.2 Å². The third-order valence-corrected chi connectivity index (χ3v) is 3.16. The Hall–Kier alpha value is -0.760. The van der Waals surface area contributed by atoms with Gasteiger partial charge >= 0.3 is 15.6 Å². The molecule has 0 saturated heterocycles. The summed E-state index contributed by atoms with van der Waals surface area (Å²) >= 11 is 0. The maximum atomic E-state index is 12.0. The number of rotatable bonds is 3. The average molecular weight is 260 g/mol. The minimum atomic E-state index is -5.53. The first kappa shape index (κ1) is 13.3. The van der Waals surface area contributed by atoms with Gasteiger partial charge in [0.05, 0.1) is 6.10 Å². The molecule has 0 heterocycles. The summed E-state index contributed by atoms with van der Waals surface area (Å²) in [6.07, 6.45) is 2.12. The molecule has 1 atom stereocenters. The lowest BCUT2D eigenvalue weighted by Gasteiger charge is -2.20. The van der Waals surface area contributed by atoms with Gasteiger partial charge in [0.25, 0.3) is 0 Å². The summed E-state index contributed by atoms with van der Waals surface area (Å²) in [7, 11) is -4.05. The van der Waals surface area contributed by atoms with Crippen LogP contribution in [0.3, 0.4) is 0 Å². The molecule has 0 bridgehead atoms. The van der Waals surface area contributed by atoms with Crippen LogP contribution in [0.1, 0.15) is 19.3 Å². The maximum absolute atomic E-state index is 12.0. The molecule has 0 spiro atoms. The quantitative estimate of drug-likeness (QED) is 0.574. The molecular formula is C8H11F3O4S. The Morgan fingerprint density at radius 2 is 2.06 bits per heavy atom. The summed E-state index contributed by atoms with van der Waals surface area (Å²) in [4.78, 5) is 0. The molecule has 8 heteroatoms. The first-order chi connectivity index (χ1) is 7.26. The van der Waals surface area contributed by atoms with E-state index in [2.05, 4.69) is 4.18 Å². The van der Waals surface area contributed by atoms with E-state index < -0.39 is 15.6 Å². The third-order valence-electron chi connectivity index (χ3n) is 2.15. The molecule has 0 amide bonds. The highest BCUT2D eigenvalue weighted by molar-refractivity contribution is 7.87. The van der Waals surface area contributed by atoms with Crippen LogP contribution in [0.2, 0.25) is 0 Å². The maximum Gasteiger partial charge on any atom is 0.534 e. The number of hydrogen-bond acceptors (Lipinski definition) is 4. The van der Waals surface area contributed by atoms with E-state index in [1.54, 1.807) is 0 Å². The predicted molar refractivity (Wildman–Crippen MR) is 48.8 cm³/mol. The molecule has 16 heavy (non-hydrogen) atoms. The summed E-state index contributed by atoms with van der Waals surface area (Å²) in [5.41, 5.74) is -5.38. The predicted octanol–water partition coefficient (Wildman–Crippen LogP) is 1.94. The lowest BCUT2D eigenvalue weighted by Crippen LogP contribution is -2.26. The fourth-order valence-electron chi connectivity index (χ4n) is 1.26. The van der Waals surface area contributed by atoms with E-state index in [-0.39, 0.29) is 18.3 Å². The molecule has 0 aromatic heterocycles. The van der Waals surface area contributed by atoms with Crippen molar-refractivity contribution in [1.29, 1.82) is 0 Å². The molecular weight excluding hydrogens is 249 g/mol. The van der Waals surface area contributed by atoms with Gasteiger partial charge in [0.15, 0.2) is 0 Å². The molecule has 0 radical (unpaired) electrons. The second-order valence-corrected chi connectivity index (χ2v) is 4.82. The molecule has 1 rings (SSSR count). The summed E-state index contributed by atoms with van der Waals surface area (Å²) in [5, 5.41) is 0. The van der Waals surface area contributed by atoms with Gasteiger partial charge in [-0.15, -0.1) is 0 Å². The van der Waals surface area contributed by atoms with Gasteiger partial charge in [0.2, 0.25) is 0 Å². The van der Waals surface area contributed by atoms with E-state index in [1.807, 2.05) is 0 Å². The van der Waals surface area contributed by atoms with Crippen molar-refractivity contribution in [3.05, 3.63) is 11.8 Å². The Balaban J connectivity index is 2.67. The van der Waals surface area contributed by atoms with E-state index in [9.17, 15) is 21.6 Å². The molecule has 94 valence electrons. The van der Waals surface area contributed by atoms with E-state index in [4.69, 9.17) is 4.74 Å². The fraction of sp³-hybridized carbons (Fsp3) is 0.750. The van der Waals surface area contributed by atoms with E-state index in [0.717, 1.165) is 0 Å². The van der Waals surface area contributed by atoms with Gasteiger partial charge in [-0.3, -0.25) is 0 Å². The highest BCUT2D eigenvalue weighted by Crippen LogP contribution is 2.30. The Morgan fingerprint density at radius 1 is 1.44 bits per heavy atom. The van der Waals surface area contributed by atoms with E-state index >= 15 is 0 Å². The lowest BCUT2D eigenvalue weighted by molar-refractivity contribution is -0.0525. The van der Waals surface area contributed by atoms with Crippen LogP contribution in [-0.4, -0.2) is 27.1 Å². The lowest BCUT2D eigenvalue weighted by atomic mass is 10.0. The molecule has 4 nitrogen and oxygen atoms in total. The second kappa shape index (κ2) is 4.62. The zero-order chi connectivity index (χ0) is 12.4. The van der Waals surface area contributed by atoms with Gasteiger partial charge in [-0.2, -0.15) is 21.6 Å². The number of halogens is 3. The fourth-order valence-corrected chi connectivity index (χ4v) is 1.79. The van der Waals surface area contributed by atoms with Crippen LogP contribution in [0.4, 0.5) is 13.2 Å². The molecule has 0 aromatic rings. The van der Waals surface area contributed by atoms with Crippen molar-refractivity contribution in [3.8, 4) is 0 Å². The Bertz CT molecular complexity index is 371. The van der Waals surface area contributed by atoms with Gasteiger partial charge < -0.3 is 8.92 Å². The molecule has 1 aliphatic rings. The monoisotopic (exact) mass is 260 g/mol. The highest BCUT2D eigenvalue weighted by atomic mass is 32.2. The van der Waals surface area contributed by atoms with Gasteiger partial charge in [0.1, 0.15) is 5.76 Å². The number of methoxy groups -OCH3 is 1.